The third-order valence-electron chi connectivity index (χ3n) is 4.67. The maximum atomic E-state index is 11.4. The Kier molecular flexibility index (Phi) is 5.89. The van der Waals surface area contributed by atoms with Crippen LogP contribution in [0.25, 0.3) is 5.57 Å². The highest BCUT2D eigenvalue weighted by Gasteiger charge is 2.19. The fraction of sp³-hybridized carbons (Fsp3) is 0.333. The van der Waals surface area contributed by atoms with Crippen molar-refractivity contribution in [3.05, 3.63) is 53.4 Å². The first-order chi connectivity index (χ1) is 12.8. The molecule has 0 bridgehead atoms. The van der Waals surface area contributed by atoms with E-state index in [0.717, 1.165) is 43.3 Å². The highest BCUT2D eigenvalue weighted by atomic mass is 16.5. The van der Waals surface area contributed by atoms with Gasteiger partial charge in [0.1, 0.15) is 17.9 Å². The number of rotatable bonds is 7. The van der Waals surface area contributed by atoms with Crippen LogP contribution in [0.1, 0.15) is 41.6 Å². The Morgan fingerprint density at radius 1 is 1.00 bits per heavy atom. The topological polar surface area (TPSA) is 57.6 Å². The fourth-order valence-electron chi connectivity index (χ4n) is 3.34. The van der Waals surface area contributed by atoms with Crippen molar-refractivity contribution in [1.29, 1.82) is 0 Å². The third-order valence-corrected chi connectivity index (χ3v) is 4.67. The Labute approximate surface area is 153 Å². The molecule has 1 aliphatic rings. The quantitative estimate of drug-likeness (QED) is 0.694. The number of pyridine rings is 1. The monoisotopic (exact) mass is 353 g/mol. The maximum absolute atomic E-state index is 11.4. The molecular weight excluding hydrogens is 330 g/mol. The van der Waals surface area contributed by atoms with E-state index < -0.39 is 0 Å². The summed E-state index contributed by atoms with van der Waals surface area (Å²) in [4.78, 5) is 15.5. The summed E-state index contributed by atoms with van der Waals surface area (Å²) >= 11 is 0. The predicted octanol–water partition coefficient (Wildman–Crippen LogP) is 4.32. The van der Waals surface area contributed by atoms with Gasteiger partial charge in [0, 0.05) is 5.56 Å². The summed E-state index contributed by atoms with van der Waals surface area (Å²) < 4.78 is 16.7. The molecule has 0 atom stereocenters. The first-order valence-electron chi connectivity index (χ1n) is 8.72. The van der Waals surface area contributed by atoms with Gasteiger partial charge in [0.05, 0.1) is 26.6 Å². The van der Waals surface area contributed by atoms with Gasteiger partial charge in [0.15, 0.2) is 17.8 Å². The van der Waals surface area contributed by atoms with E-state index in [2.05, 4.69) is 11.1 Å². The zero-order valence-corrected chi connectivity index (χ0v) is 15.2. The number of ether oxygens (including phenoxy) is 3. The van der Waals surface area contributed by atoms with Crippen molar-refractivity contribution in [3.63, 3.8) is 0 Å². The van der Waals surface area contributed by atoms with Crippen LogP contribution in [-0.4, -0.2) is 32.1 Å². The Bertz CT molecular complexity index is 813. The molecule has 0 fully saturated rings. The summed E-state index contributed by atoms with van der Waals surface area (Å²) in [6.45, 7) is 0.420. The van der Waals surface area contributed by atoms with Gasteiger partial charge in [0.25, 0.3) is 0 Å². The molecule has 0 aliphatic heterocycles. The lowest BCUT2D eigenvalue weighted by Crippen LogP contribution is -2.10. The summed E-state index contributed by atoms with van der Waals surface area (Å²) in [7, 11) is 3.20. The molecule has 0 spiro atoms. The summed E-state index contributed by atoms with van der Waals surface area (Å²) in [5.74, 6) is 1.73. The van der Waals surface area contributed by atoms with E-state index in [-0.39, 0.29) is 0 Å². The van der Waals surface area contributed by atoms with Crippen LogP contribution >= 0.6 is 0 Å². The fourth-order valence-corrected chi connectivity index (χ4v) is 3.34. The molecule has 1 aromatic heterocycles. The van der Waals surface area contributed by atoms with Crippen molar-refractivity contribution in [2.24, 2.45) is 0 Å². The lowest BCUT2D eigenvalue weighted by atomic mass is 9.87. The molecular formula is C21H23NO4. The number of para-hydroxylation sites is 1. The second kappa shape index (κ2) is 8.52. The van der Waals surface area contributed by atoms with E-state index in [1.165, 1.54) is 24.5 Å². The molecule has 1 heterocycles. The van der Waals surface area contributed by atoms with Crippen molar-refractivity contribution in [1.82, 2.24) is 4.98 Å². The van der Waals surface area contributed by atoms with Crippen molar-refractivity contribution in [2.75, 3.05) is 20.8 Å². The predicted molar refractivity (Wildman–Crippen MR) is 100 cm³/mol. The van der Waals surface area contributed by atoms with Gasteiger partial charge in [-0.05, 0) is 42.9 Å². The van der Waals surface area contributed by atoms with E-state index in [1.54, 1.807) is 13.3 Å². The number of carbonyl (C=O) groups excluding carboxylic acids is 1. The van der Waals surface area contributed by atoms with Crippen molar-refractivity contribution in [3.8, 4) is 17.2 Å². The highest BCUT2D eigenvalue weighted by molar-refractivity contribution is 5.83. The average molecular weight is 353 g/mol. The molecule has 0 saturated carbocycles. The van der Waals surface area contributed by atoms with E-state index >= 15 is 0 Å². The number of aldehydes is 1. The van der Waals surface area contributed by atoms with Crippen molar-refractivity contribution >= 4 is 11.9 Å². The summed E-state index contributed by atoms with van der Waals surface area (Å²) in [5.41, 5.74) is 4.02. The van der Waals surface area contributed by atoms with Crippen LogP contribution < -0.4 is 14.2 Å². The molecule has 0 N–H and O–H groups in total. The standard InChI is InChI=1S/C21H23NO4/c1-24-19-10-6-5-9-17(19)16-8-4-3-7-15(16)14-26-21-12-22-11-20(25-2)18(21)13-23/h5-6,9-13H,3-4,7-8,14H2,1-2H3. The molecule has 3 rings (SSSR count). The Morgan fingerprint density at radius 2 is 1.73 bits per heavy atom. The van der Waals surface area contributed by atoms with Crippen LogP contribution in [-0.2, 0) is 0 Å². The number of carbonyl (C=O) groups is 1. The zero-order chi connectivity index (χ0) is 18.4. The minimum atomic E-state index is 0.387. The van der Waals surface area contributed by atoms with Gasteiger partial charge in [-0.25, -0.2) is 0 Å². The lowest BCUT2D eigenvalue weighted by molar-refractivity contribution is 0.111. The molecule has 26 heavy (non-hydrogen) atoms. The van der Waals surface area contributed by atoms with Gasteiger partial charge in [-0.1, -0.05) is 18.2 Å². The average Bonchev–Trinajstić information content (AvgIpc) is 2.71. The SMILES string of the molecule is COc1ccccc1C1=C(COc2cncc(OC)c2C=O)CCCC1. The maximum Gasteiger partial charge on any atom is 0.157 e. The Balaban J connectivity index is 1.90. The smallest absolute Gasteiger partial charge is 0.157 e. The van der Waals surface area contributed by atoms with Gasteiger partial charge >= 0.3 is 0 Å². The number of hydrogen-bond donors (Lipinski definition) is 0. The Hall–Kier alpha value is -2.82. The zero-order valence-electron chi connectivity index (χ0n) is 15.2. The number of methoxy groups -OCH3 is 2. The van der Waals surface area contributed by atoms with Crippen LogP contribution in [0.5, 0.6) is 17.2 Å². The number of aromatic nitrogens is 1. The second-order valence-electron chi connectivity index (χ2n) is 6.15. The molecule has 5 heteroatoms. The van der Waals surface area contributed by atoms with E-state index in [9.17, 15) is 4.79 Å². The third kappa shape index (κ3) is 3.72. The molecule has 136 valence electrons. The first-order valence-corrected chi connectivity index (χ1v) is 8.72. The summed E-state index contributed by atoms with van der Waals surface area (Å²) in [6.07, 6.45) is 8.06. The number of hydrogen-bond acceptors (Lipinski definition) is 5. The number of benzene rings is 1. The first kappa shape index (κ1) is 18.0. The van der Waals surface area contributed by atoms with Gasteiger partial charge in [-0.3, -0.25) is 9.78 Å². The van der Waals surface area contributed by atoms with E-state index in [0.29, 0.717) is 23.7 Å². The molecule has 0 radical (unpaired) electrons. The molecule has 0 unspecified atom stereocenters. The normalized spacial score (nSPS) is 14.1. The molecule has 1 aliphatic carbocycles. The molecule has 2 aromatic rings. The lowest BCUT2D eigenvalue weighted by Gasteiger charge is -2.22. The van der Waals surface area contributed by atoms with Crippen LogP contribution in [0, 0.1) is 0 Å². The minimum absolute atomic E-state index is 0.387. The van der Waals surface area contributed by atoms with Gasteiger partial charge in [0.2, 0.25) is 0 Å². The molecule has 0 saturated heterocycles. The minimum Gasteiger partial charge on any atom is -0.496 e. The van der Waals surface area contributed by atoms with Crippen LogP contribution in [0.2, 0.25) is 0 Å². The van der Waals surface area contributed by atoms with Gasteiger partial charge in [-0.15, -0.1) is 0 Å². The van der Waals surface area contributed by atoms with Crippen molar-refractivity contribution < 1.29 is 19.0 Å². The summed E-state index contributed by atoms with van der Waals surface area (Å²) in [5, 5.41) is 0. The van der Waals surface area contributed by atoms with Gasteiger partial charge < -0.3 is 14.2 Å². The second-order valence-corrected chi connectivity index (χ2v) is 6.15. The van der Waals surface area contributed by atoms with Crippen LogP contribution in [0.3, 0.4) is 0 Å². The van der Waals surface area contributed by atoms with Gasteiger partial charge in [-0.2, -0.15) is 0 Å². The Morgan fingerprint density at radius 3 is 2.50 bits per heavy atom. The molecule has 5 nitrogen and oxygen atoms in total. The van der Waals surface area contributed by atoms with Crippen LogP contribution in [0.4, 0.5) is 0 Å². The highest BCUT2D eigenvalue weighted by Crippen LogP contribution is 2.37. The van der Waals surface area contributed by atoms with E-state index in [1.807, 2.05) is 18.2 Å². The van der Waals surface area contributed by atoms with Crippen molar-refractivity contribution in [2.45, 2.75) is 25.7 Å². The van der Waals surface area contributed by atoms with Crippen LogP contribution in [0.15, 0.2) is 42.2 Å². The molecule has 0 amide bonds. The number of nitrogens with zero attached hydrogens (tertiary/aromatic N) is 1. The van der Waals surface area contributed by atoms with E-state index in [4.69, 9.17) is 14.2 Å². The largest absolute Gasteiger partial charge is 0.496 e. The molecule has 1 aromatic carbocycles. The number of allylic oxidation sites excluding steroid dienone is 1. The summed E-state index contributed by atoms with van der Waals surface area (Å²) in [6, 6.07) is 8.06.